The Morgan fingerprint density at radius 3 is 2.05 bits per heavy atom. The Morgan fingerprint density at radius 1 is 1.00 bits per heavy atom. The number of aromatic nitrogens is 2. The maximum Gasteiger partial charge on any atom is 0.383 e. The van der Waals surface area contributed by atoms with Gasteiger partial charge in [0.2, 0.25) is 5.82 Å². The number of nitrogens with one attached hydrogen (secondary N) is 2. The van der Waals surface area contributed by atoms with Crippen LogP contribution in [-0.4, -0.2) is 19.8 Å². The summed E-state index contributed by atoms with van der Waals surface area (Å²) in [4.78, 5) is 44.8. The highest BCUT2D eigenvalue weighted by Gasteiger charge is 2.33. The average Bonchev–Trinajstić information content (AvgIpc) is 2.29. The molecule has 2 N–H and O–H groups in total. The lowest BCUT2D eigenvalue weighted by Gasteiger charge is -2.01. The van der Waals surface area contributed by atoms with Crippen LogP contribution in [0.3, 0.4) is 0 Å². The third-order valence-electron chi connectivity index (χ3n) is 2.29. The fourth-order valence-corrected chi connectivity index (χ4v) is 1.55. The van der Waals surface area contributed by atoms with Crippen LogP contribution in [0.25, 0.3) is 11.0 Å². The third-order valence-corrected chi connectivity index (χ3v) is 2.29. The summed E-state index contributed by atoms with van der Waals surface area (Å²) in [6.07, 6.45) is 0. The quantitative estimate of drug-likeness (QED) is 0.450. The molecular formula is C8H3FN4O6. The first-order valence-corrected chi connectivity index (χ1v) is 4.60. The Bertz CT molecular complexity index is 837. The number of hydrogen-bond acceptors (Lipinski definition) is 6. The molecule has 1 heterocycles. The zero-order valence-corrected chi connectivity index (χ0v) is 8.80. The highest BCUT2D eigenvalue weighted by Crippen LogP contribution is 2.34. The molecule has 1 aromatic carbocycles. The van der Waals surface area contributed by atoms with E-state index >= 15 is 0 Å². The number of hydrogen-bond donors (Lipinski definition) is 2. The van der Waals surface area contributed by atoms with Gasteiger partial charge in [-0.1, -0.05) is 0 Å². The Morgan fingerprint density at radius 2 is 1.53 bits per heavy atom. The molecule has 0 spiro atoms. The average molecular weight is 270 g/mol. The summed E-state index contributed by atoms with van der Waals surface area (Å²) in [5.41, 5.74) is -6.05. The number of fused-ring (bicyclic) bond motifs is 1. The first-order chi connectivity index (χ1) is 8.82. The second-order valence-corrected chi connectivity index (χ2v) is 3.40. The zero-order valence-electron chi connectivity index (χ0n) is 8.80. The normalized spacial score (nSPS) is 10.6. The molecule has 2 rings (SSSR count). The SMILES string of the molecule is O=c1[nH]c2cc(F)c([N+](=O)[O-])c([N+](=O)[O-])c2[nH]c1=O. The molecule has 0 unspecified atom stereocenters. The van der Waals surface area contributed by atoms with Crippen LogP contribution in [0.5, 0.6) is 0 Å². The van der Waals surface area contributed by atoms with Crippen molar-refractivity contribution in [3.63, 3.8) is 0 Å². The molecule has 0 saturated heterocycles. The maximum absolute atomic E-state index is 13.5. The van der Waals surface area contributed by atoms with Crippen molar-refractivity contribution in [2.45, 2.75) is 0 Å². The van der Waals surface area contributed by atoms with Crippen molar-refractivity contribution < 1.29 is 14.2 Å². The first-order valence-electron chi connectivity index (χ1n) is 4.60. The smallest absolute Gasteiger partial charge is 0.316 e. The lowest BCUT2D eigenvalue weighted by Crippen LogP contribution is -2.29. The monoisotopic (exact) mass is 270 g/mol. The van der Waals surface area contributed by atoms with Gasteiger partial charge in [0, 0.05) is 6.07 Å². The van der Waals surface area contributed by atoms with E-state index in [4.69, 9.17) is 0 Å². The van der Waals surface area contributed by atoms with Gasteiger partial charge < -0.3 is 9.97 Å². The molecule has 0 saturated carbocycles. The van der Waals surface area contributed by atoms with Gasteiger partial charge in [0.05, 0.1) is 15.4 Å². The van der Waals surface area contributed by atoms with Crippen LogP contribution in [0.2, 0.25) is 0 Å². The van der Waals surface area contributed by atoms with Crippen molar-refractivity contribution in [2.24, 2.45) is 0 Å². The lowest BCUT2D eigenvalue weighted by atomic mass is 10.2. The number of aromatic amines is 2. The molecular weight excluding hydrogens is 267 g/mol. The lowest BCUT2D eigenvalue weighted by molar-refractivity contribution is -0.423. The molecule has 2 aromatic rings. The Hall–Kier alpha value is -3.11. The van der Waals surface area contributed by atoms with Gasteiger partial charge in [0.25, 0.3) is 0 Å². The number of nitrogens with zero attached hydrogens (tertiary/aromatic N) is 2. The standard InChI is InChI=1S/C8H3FN4O6/c9-2-1-3-4(11-8(15)7(14)10-3)6(13(18)19)5(2)12(16)17/h1H,(H,10,14)(H,11,15). The van der Waals surface area contributed by atoms with Crippen LogP contribution >= 0.6 is 0 Å². The second kappa shape index (κ2) is 3.97. The van der Waals surface area contributed by atoms with Gasteiger partial charge in [-0.15, -0.1) is 0 Å². The van der Waals surface area contributed by atoms with Crippen LogP contribution in [0.15, 0.2) is 15.7 Å². The Balaban J connectivity index is 3.12. The largest absolute Gasteiger partial charge is 0.383 e. The van der Waals surface area contributed by atoms with Gasteiger partial charge in [-0.3, -0.25) is 29.8 Å². The zero-order chi connectivity index (χ0) is 14.3. The predicted molar refractivity (Wildman–Crippen MR) is 58.5 cm³/mol. The van der Waals surface area contributed by atoms with E-state index in [1.165, 1.54) is 0 Å². The van der Waals surface area contributed by atoms with E-state index in [0.29, 0.717) is 6.07 Å². The number of H-pyrrole nitrogens is 2. The third kappa shape index (κ3) is 1.82. The van der Waals surface area contributed by atoms with E-state index in [1.54, 1.807) is 0 Å². The molecule has 10 nitrogen and oxygen atoms in total. The van der Waals surface area contributed by atoms with Gasteiger partial charge in [0.1, 0.15) is 0 Å². The van der Waals surface area contributed by atoms with Crippen molar-refractivity contribution in [3.8, 4) is 0 Å². The summed E-state index contributed by atoms with van der Waals surface area (Å²) in [5.74, 6) is -1.49. The van der Waals surface area contributed by atoms with Gasteiger partial charge in [-0.2, -0.15) is 4.39 Å². The number of rotatable bonds is 2. The minimum atomic E-state index is -1.49. The summed E-state index contributed by atoms with van der Waals surface area (Å²) in [6.45, 7) is 0. The van der Waals surface area contributed by atoms with Crippen molar-refractivity contribution in [3.05, 3.63) is 52.8 Å². The van der Waals surface area contributed by atoms with Crippen molar-refractivity contribution >= 4 is 22.4 Å². The molecule has 98 valence electrons. The molecule has 0 amide bonds. The number of benzene rings is 1. The van der Waals surface area contributed by atoms with Crippen LogP contribution in [0.1, 0.15) is 0 Å². The molecule has 0 bridgehead atoms. The van der Waals surface area contributed by atoms with Crippen LogP contribution in [-0.2, 0) is 0 Å². The second-order valence-electron chi connectivity index (χ2n) is 3.40. The van der Waals surface area contributed by atoms with Crippen LogP contribution < -0.4 is 11.1 Å². The summed E-state index contributed by atoms with van der Waals surface area (Å²) in [5, 5.41) is 21.4. The van der Waals surface area contributed by atoms with Gasteiger partial charge in [-0.25, -0.2) is 0 Å². The molecule has 0 aliphatic carbocycles. The minimum absolute atomic E-state index is 0.417. The van der Waals surface area contributed by atoms with E-state index in [1.807, 2.05) is 9.97 Å². The van der Waals surface area contributed by atoms with Gasteiger partial charge in [0.15, 0.2) is 5.52 Å². The molecule has 0 fully saturated rings. The van der Waals surface area contributed by atoms with Crippen LogP contribution in [0.4, 0.5) is 15.8 Å². The Kier molecular flexibility index (Phi) is 2.58. The molecule has 0 radical (unpaired) electrons. The molecule has 19 heavy (non-hydrogen) atoms. The fraction of sp³-hybridized carbons (Fsp3) is 0. The molecule has 0 atom stereocenters. The molecule has 11 heteroatoms. The highest BCUT2D eigenvalue weighted by atomic mass is 19.1. The topological polar surface area (TPSA) is 152 Å². The van der Waals surface area contributed by atoms with E-state index in [2.05, 4.69) is 0 Å². The Labute approximate surface area is 100 Å². The van der Waals surface area contributed by atoms with E-state index in [9.17, 15) is 34.2 Å². The first kappa shape index (κ1) is 12.3. The van der Waals surface area contributed by atoms with Crippen molar-refractivity contribution in [1.29, 1.82) is 0 Å². The van der Waals surface area contributed by atoms with E-state index in [-0.39, 0.29) is 0 Å². The number of nitro benzene ring substituents is 2. The molecule has 0 aliphatic rings. The fourth-order valence-electron chi connectivity index (χ4n) is 1.55. The molecule has 0 aliphatic heterocycles. The van der Waals surface area contributed by atoms with Crippen molar-refractivity contribution in [1.82, 2.24) is 9.97 Å². The molecule has 1 aromatic heterocycles. The number of halogens is 1. The summed E-state index contributed by atoms with van der Waals surface area (Å²) in [7, 11) is 0. The predicted octanol–water partition coefficient (Wildman–Crippen LogP) is 0.172. The van der Waals surface area contributed by atoms with Crippen molar-refractivity contribution in [2.75, 3.05) is 0 Å². The van der Waals surface area contributed by atoms with Crippen LogP contribution in [0, 0.1) is 26.0 Å². The minimum Gasteiger partial charge on any atom is -0.316 e. The summed E-state index contributed by atoms with van der Waals surface area (Å²) < 4.78 is 13.5. The van der Waals surface area contributed by atoms with E-state index in [0.717, 1.165) is 0 Å². The maximum atomic E-state index is 13.5. The van der Waals surface area contributed by atoms with E-state index < -0.39 is 49.2 Å². The van der Waals surface area contributed by atoms with Gasteiger partial charge >= 0.3 is 22.5 Å². The summed E-state index contributed by atoms with van der Waals surface area (Å²) >= 11 is 0. The summed E-state index contributed by atoms with van der Waals surface area (Å²) in [6, 6.07) is 0.526. The highest BCUT2D eigenvalue weighted by molar-refractivity contribution is 5.89. The van der Waals surface area contributed by atoms with Gasteiger partial charge in [-0.05, 0) is 0 Å². The number of nitro groups is 2.